The fraction of sp³-hybridized carbons (Fsp3) is 0.400. The number of halogens is 2. The van der Waals surface area contributed by atoms with Gasteiger partial charge in [0.05, 0.1) is 25.0 Å². The number of aliphatic hydroxyl groups is 2. The van der Waals surface area contributed by atoms with Gasteiger partial charge in [-0.05, 0) is 30.5 Å². The quantitative estimate of drug-likeness (QED) is 0.375. The highest BCUT2D eigenvalue weighted by atomic mass is 35.5. The van der Waals surface area contributed by atoms with Crippen LogP contribution in [0.2, 0.25) is 10.4 Å². The lowest BCUT2D eigenvalue weighted by atomic mass is 10.2. The monoisotopic (exact) mass is 465 g/mol. The molecule has 1 fully saturated rings. The predicted octanol–water partition coefficient (Wildman–Crippen LogP) is 1.89. The lowest BCUT2D eigenvalue weighted by molar-refractivity contribution is -0.134. The first-order valence-corrected chi connectivity index (χ1v) is 10.5. The Balaban J connectivity index is 1.43. The van der Waals surface area contributed by atoms with Gasteiger partial charge in [-0.25, -0.2) is 9.97 Å². The molecule has 4 rings (SSSR count). The van der Waals surface area contributed by atoms with Crippen LogP contribution in [0.4, 0.5) is 0 Å². The molecule has 1 aliphatic rings. The molecule has 1 unspecified atom stereocenters. The van der Waals surface area contributed by atoms with Gasteiger partial charge in [-0.1, -0.05) is 41.9 Å². The molecule has 0 aliphatic heterocycles. The maximum atomic E-state index is 12.6. The van der Waals surface area contributed by atoms with Crippen LogP contribution in [0.1, 0.15) is 24.9 Å². The molecule has 1 saturated carbocycles. The zero-order valence-electron chi connectivity index (χ0n) is 16.5. The van der Waals surface area contributed by atoms with Crippen LogP contribution in [-0.2, 0) is 16.1 Å². The minimum absolute atomic E-state index is 0.0541. The molecule has 2 aromatic heterocycles. The van der Waals surface area contributed by atoms with Gasteiger partial charge in [-0.2, -0.15) is 4.98 Å². The summed E-state index contributed by atoms with van der Waals surface area (Å²) in [7, 11) is 0. The highest BCUT2D eigenvalue weighted by molar-refractivity contribution is 6.35. The number of aromatic nitrogens is 4. The number of imidazole rings is 1. The molecule has 164 valence electrons. The average molecular weight is 466 g/mol. The first kappa shape index (κ1) is 21.9. The SMILES string of the molecule is CC(OCc1ccccc1)C(=O)N[C@H]1C[C@@H](n2cnc3c(Cl)nc(Cl)nc32)[C@H](O)[C@@H]1O. The molecule has 0 spiro atoms. The largest absolute Gasteiger partial charge is 0.388 e. The Labute approximate surface area is 188 Å². The summed E-state index contributed by atoms with van der Waals surface area (Å²) in [4.78, 5) is 24.7. The molecule has 9 nitrogen and oxygen atoms in total. The normalized spacial score (nSPS) is 24.4. The van der Waals surface area contributed by atoms with Crippen LogP contribution >= 0.6 is 23.2 Å². The van der Waals surface area contributed by atoms with Crippen LogP contribution in [0.15, 0.2) is 36.7 Å². The topological polar surface area (TPSA) is 122 Å². The van der Waals surface area contributed by atoms with E-state index in [-0.39, 0.29) is 29.4 Å². The minimum Gasteiger partial charge on any atom is -0.388 e. The summed E-state index contributed by atoms with van der Waals surface area (Å²) >= 11 is 12.0. The lowest BCUT2D eigenvalue weighted by Gasteiger charge is -2.20. The number of fused-ring (bicyclic) bond motifs is 1. The zero-order chi connectivity index (χ0) is 22.1. The van der Waals surface area contributed by atoms with Crippen molar-refractivity contribution in [1.29, 1.82) is 0 Å². The third kappa shape index (κ3) is 4.51. The zero-order valence-corrected chi connectivity index (χ0v) is 18.0. The van der Waals surface area contributed by atoms with Crippen molar-refractivity contribution in [3.8, 4) is 0 Å². The number of aliphatic hydroxyl groups excluding tert-OH is 2. The summed E-state index contributed by atoms with van der Waals surface area (Å²) in [5, 5.41) is 23.9. The van der Waals surface area contributed by atoms with Crippen molar-refractivity contribution >= 4 is 40.3 Å². The third-order valence-corrected chi connectivity index (χ3v) is 5.83. The Morgan fingerprint density at radius 1 is 1.26 bits per heavy atom. The molecular weight excluding hydrogens is 445 g/mol. The Morgan fingerprint density at radius 3 is 2.74 bits per heavy atom. The summed E-state index contributed by atoms with van der Waals surface area (Å²) in [5.41, 5.74) is 1.63. The molecular formula is C20H21Cl2N5O4. The van der Waals surface area contributed by atoms with E-state index < -0.39 is 30.4 Å². The Morgan fingerprint density at radius 2 is 2.00 bits per heavy atom. The molecule has 2 heterocycles. The number of amides is 1. The van der Waals surface area contributed by atoms with Crippen LogP contribution in [-0.4, -0.2) is 60.0 Å². The highest BCUT2D eigenvalue weighted by Gasteiger charge is 2.44. The van der Waals surface area contributed by atoms with Crippen molar-refractivity contribution in [2.45, 2.75) is 50.3 Å². The number of ether oxygens (including phenoxy) is 1. The van der Waals surface area contributed by atoms with E-state index in [2.05, 4.69) is 20.3 Å². The van der Waals surface area contributed by atoms with Gasteiger partial charge in [-0.15, -0.1) is 0 Å². The molecule has 1 aromatic carbocycles. The molecule has 0 bridgehead atoms. The fourth-order valence-electron chi connectivity index (χ4n) is 3.70. The Bertz CT molecular complexity index is 1080. The van der Waals surface area contributed by atoms with Crippen LogP contribution in [0.25, 0.3) is 11.2 Å². The number of carbonyl (C=O) groups excluding carboxylic acids is 1. The van der Waals surface area contributed by atoms with Crippen molar-refractivity contribution in [1.82, 2.24) is 24.8 Å². The first-order valence-electron chi connectivity index (χ1n) is 9.72. The summed E-state index contributed by atoms with van der Waals surface area (Å²) in [6.45, 7) is 1.92. The van der Waals surface area contributed by atoms with Crippen LogP contribution in [0.5, 0.6) is 0 Å². The Kier molecular flexibility index (Phi) is 6.40. The van der Waals surface area contributed by atoms with Crippen LogP contribution in [0.3, 0.4) is 0 Å². The van der Waals surface area contributed by atoms with Gasteiger partial charge in [0, 0.05) is 0 Å². The molecule has 0 radical (unpaired) electrons. The number of hydrogen-bond acceptors (Lipinski definition) is 7. The van der Waals surface area contributed by atoms with Gasteiger partial charge >= 0.3 is 0 Å². The van der Waals surface area contributed by atoms with Gasteiger partial charge in [0.2, 0.25) is 11.2 Å². The van der Waals surface area contributed by atoms with E-state index in [1.165, 1.54) is 6.33 Å². The second-order valence-electron chi connectivity index (χ2n) is 7.45. The molecule has 0 saturated heterocycles. The molecule has 1 aliphatic carbocycles. The maximum Gasteiger partial charge on any atom is 0.249 e. The predicted molar refractivity (Wildman–Crippen MR) is 114 cm³/mol. The van der Waals surface area contributed by atoms with Crippen molar-refractivity contribution in [3.63, 3.8) is 0 Å². The molecule has 3 N–H and O–H groups in total. The lowest BCUT2D eigenvalue weighted by Crippen LogP contribution is -2.46. The van der Waals surface area contributed by atoms with Crippen molar-refractivity contribution in [2.24, 2.45) is 0 Å². The molecule has 31 heavy (non-hydrogen) atoms. The summed E-state index contributed by atoms with van der Waals surface area (Å²) in [5.74, 6) is -0.378. The van der Waals surface area contributed by atoms with E-state index in [4.69, 9.17) is 27.9 Å². The summed E-state index contributed by atoms with van der Waals surface area (Å²) in [6, 6.07) is 8.23. The molecule has 1 amide bonds. The Hall–Kier alpha value is -2.30. The van der Waals surface area contributed by atoms with E-state index in [1.54, 1.807) is 11.5 Å². The third-order valence-electron chi connectivity index (χ3n) is 5.40. The van der Waals surface area contributed by atoms with E-state index in [0.29, 0.717) is 11.2 Å². The van der Waals surface area contributed by atoms with Gasteiger partial charge in [0.1, 0.15) is 23.8 Å². The molecule has 11 heteroatoms. The van der Waals surface area contributed by atoms with Gasteiger partial charge in [0.25, 0.3) is 0 Å². The van der Waals surface area contributed by atoms with E-state index in [0.717, 1.165) is 5.56 Å². The fourth-order valence-corrected chi connectivity index (χ4v) is 4.12. The van der Waals surface area contributed by atoms with Crippen LogP contribution in [0, 0.1) is 0 Å². The van der Waals surface area contributed by atoms with Crippen molar-refractivity contribution in [2.75, 3.05) is 0 Å². The second-order valence-corrected chi connectivity index (χ2v) is 8.14. The van der Waals surface area contributed by atoms with Crippen LogP contribution < -0.4 is 5.32 Å². The van der Waals surface area contributed by atoms with Crippen molar-refractivity contribution < 1.29 is 19.7 Å². The summed E-state index contributed by atoms with van der Waals surface area (Å²) in [6.07, 6.45) is -1.36. The number of carbonyl (C=O) groups is 1. The molecule has 3 aromatic rings. The maximum absolute atomic E-state index is 12.6. The van der Waals surface area contributed by atoms with Crippen molar-refractivity contribution in [3.05, 3.63) is 52.7 Å². The second kappa shape index (κ2) is 9.05. The highest BCUT2D eigenvalue weighted by Crippen LogP contribution is 2.34. The average Bonchev–Trinajstić information content (AvgIpc) is 3.29. The number of benzene rings is 1. The number of nitrogens with one attached hydrogen (secondary N) is 1. The molecule has 5 atom stereocenters. The first-order chi connectivity index (χ1) is 14.8. The number of rotatable bonds is 6. The summed E-state index contributed by atoms with van der Waals surface area (Å²) < 4.78 is 7.22. The minimum atomic E-state index is -1.18. The van der Waals surface area contributed by atoms with Gasteiger partial charge in [0.15, 0.2) is 10.8 Å². The van der Waals surface area contributed by atoms with E-state index >= 15 is 0 Å². The van der Waals surface area contributed by atoms with E-state index in [9.17, 15) is 15.0 Å². The smallest absolute Gasteiger partial charge is 0.249 e. The van der Waals surface area contributed by atoms with E-state index in [1.807, 2.05) is 30.3 Å². The standard InChI is InChI=1S/C20H21Cl2N5O4/c1-10(31-8-11-5-3-2-4-6-11)19(30)24-12-7-13(16(29)15(12)28)27-9-23-14-17(21)25-20(22)26-18(14)27/h2-6,9-10,12-13,15-16,28-29H,7-8H2,1H3,(H,24,30)/t10?,12-,13+,15+,16-/m0/s1. The number of hydrogen-bond donors (Lipinski definition) is 3. The van der Waals surface area contributed by atoms with Gasteiger partial charge in [-0.3, -0.25) is 4.79 Å². The number of nitrogens with zero attached hydrogens (tertiary/aromatic N) is 4. The van der Waals surface area contributed by atoms with Gasteiger partial charge < -0.3 is 24.8 Å².